The smallest absolute Gasteiger partial charge is 0.119 e. The van der Waals surface area contributed by atoms with E-state index < -0.39 is 0 Å². The van der Waals surface area contributed by atoms with Gasteiger partial charge in [0.1, 0.15) is 5.75 Å². The summed E-state index contributed by atoms with van der Waals surface area (Å²) in [6.45, 7) is 9.49. The standard InChI is InChI=1S/C18H30N2O/c1-15(2)9-12-21-18-5-3-17(4-6-18)14-20-10-7-16(13-19)8-11-20/h3-6,15-16H,7-14,19H2,1-2H3. The Hall–Kier alpha value is -1.06. The Kier molecular flexibility index (Phi) is 6.52. The number of likely N-dealkylation sites (tertiary alicyclic amines) is 1. The molecular formula is C18H30N2O. The van der Waals surface area contributed by atoms with E-state index in [0.717, 1.165) is 37.8 Å². The molecule has 0 bridgehead atoms. The van der Waals surface area contributed by atoms with Crippen LogP contribution in [0.4, 0.5) is 0 Å². The van der Waals surface area contributed by atoms with E-state index in [2.05, 4.69) is 43.0 Å². The molecule has 0 radical (unpaired) electrons. The van der Waals surface area contributed by atoms with Gasteiger partial charge < -0.3 is 10.5 Å². The molecular weight excluding hydrogens is 260 g/mol. The fraction of sp³-hybridized carbons (Fsp3) is 0.667. The quantitative estimate of drug-likeness (QED) is 0.837. The highest BCUT2D eigenvalue weighted by Gasteiger charge is 2.17. The summed E-state index contributed by atoms with van der Waals surface area (Å²) < 4.78 is 5.76. The first-order chi connectivity index (χ1) is 10.2. The molecule has 21 heavy (non-hydrogen) atoms. The second-order valence-corrected chi connectivity index (χ2v) is 6.63. The molecule has 0 amide bonds. The van der Waals surface area contributed by atoms with Crippen molar-refractivity contribution in [2.75, 3.05) is 26.2 Å². The van der Waals surface area contributed by atoms with Crippen LogP contribution in [-0.4, -0.2) is 31.1 Å². The lowest BCUT2D eigenvalue weighted by molar-refractivity contribution is 0.180. The molecule has 1 saturated heterocycles. The summed E-state index contributed by atoms with van der Waals surface area (Å²) >= 11 is 0. The Morgan fingerprint density at radius 2 is 1.86 bits per heavy atom. The molecule has 1 aromatic carbocycles. The molecule has 0 atom stereocenters. The van der Waals surface area contributed by atoms with E-state index in [1.807, 2.05) is 0 Å². The number of hydrogen-bond acceptors (Lipinski definition) is 3. The predicted molar refractivity (Wildman–Crippen MR) is 88.4 cm³/mol. The number of ether oxygens (including phenoxy) is 1. The van der Waals surface area contributed by atoms with Crippen LogP contribution in [0, 0.1) is 11.8 Å². The van der Waals surface area contributed by atoms with E-state index in [1.165, 1.54) is 31.5 Å². The van der Waals surface area contributed by atoms with E-state index in [9.17, 15) is 0 Å². The third-order valence-electron chi connectivity index (χ3n) is 4.33. The van der Waals surface area contributed by atoms with Crippen molar-refractivity contribution in [3.8, 4) is 5.75 Å². The summed E-state index contributed by atoms with van der Waals surface area (Å²) in [7, 11) is 0. The van der Waals surface area contributed by atoms with Gasteiger partial charge in [-0.1, -0.05) is 26.0 Å². The molecule has 0 spiro atoms. The highest BCUT2D eigenvalue weighted by atomic mass is 16.5. The summed E-state index contributed by atoms with van der Waals surface area (Å²) in [5.74, 6) is 2.42. The highest BCUT2D eigenvalue weighted by Crippen LogP contribution is 2.19. The molecule has 2 rings (SSSR count). The molecule has 2 N–H and O–H groups in total. The van der Waals surface area contributed by atoms with E-state index in [4.69, 9.17) is 10.5 Å². The van der Waals surface area contributed by atoms with Gasteiger partial charge >= 0.3 is 0 Å². The minimum absolute atomic E-state index is 0.695. The maximum atomic E-state index is 5.76. The molecule has 0 aromatic heterocycles. The average Bonchev–Trinajstić information content (AvgIpc) is 2.49. The molecule has 3 heteroatoms. The fourth-order valence-electron chi connectivity index (χ4n) is 2.74. The third kappa shape index (κ3) is 5.68. The SMILES string of the molecule is CC(C)CCOc1ccc(CN2CCC(CN)CC2)cc1. The lowest BCUT2D eigenvalue weighted by Gasteiger charge is -2.31. The first kappa shape index (κ1) is 16.3. The molecule has 0 saturated carbocycles. The summed E-state index contributed by atoms with van der Waals surface area (Å²) in [6.07, 6.45) is 3.59. The van der Waals surface area contributed by atoms with Gasteiger partial charge in [0.2, 0.25) is 0 Å². The fourth-order valence-corrected chi connectivity index (χ4v) is 2.74. The molecule has 0 aliphatic carbocycles. The average molecular weight is 290 g/mol. The monoisotopic (exact) mass is 290 g/mol. The summed E-state index contributed by atoms with van der Waals surface area (Å²) in [4.78, 5) is 2.53. The maximum Gasteiger partial charge on any atom is 0.119 e. The van der Waals surface area contributed by atoms with Crippen molar-refractivity contribution in [2.24, 2.45) is 17.6 Å². The molecule has 1 aliphatic rings. The lowest BCUT2D eigenvalue weighted by atomic mass is 9.97. The van der Waals surface area contributed by atoms with Crippen LogP contribution < -0.4 is 10.5 Å². The Bertz CT molecular complexity index is 394. The minimum Gasteiger partial charge on any atom is -0.494 e. The normalized spacial score (nSPS) is 17.3. The largest absolute Gasteiger partial charge is 0.494 e. The van der Waals surface area contributed by atoms with E-state index in [1.54, 1.807) is 0 Å². The number of piperidine rings is 1. The topological polar surface area (TPSA) is 38.5 Å². The van der Waals surface area contributed by atoms with Crippen LogP contribution in [0.25, 0.3) is 0 Å². The van der Waals surface area contributed by atoms with Gasteiger partial charge in [-0.25, -0.2) is 0 Å². The van der Waals surface area contributed by atoms with Crippen molar-refractivity contribution in [1.29, 1.82) is 0 Å². The van der Waals surface area contributed by atoms with Crippen molar-refractivity contribution in [3.63, 3.8) is 0 Å². The number of hydrogen-bond donors (Lipinski definition) is 1. The molecule has 1 aliphatic heterocycles. The molecule has 118 valence electrons. The zero-order chi connectivity index (χ0) is 15.1. The summed E-state index contributed by atoms with van der Waals surface area (Å²) in [5.41, 5.74) is 7.12. The Balaban J connectivity index is 1.74. The summed E-state index contributed by atoms with van der Waals surface area (Å²) in [5, 5.41) is 0. The number of nitrogens with zero attached hydrogens (tertiary/aromatic N) is 1. The Morgan fingerprint density at radius 3 is 2.43 bits per heavy atom. The zero-order valence-corrected chi connectivity index (χ0v) is 13.6. The molecule has 1 aromatic rings. The molecule has 3 nitrogen and oxygen atoms in total. The van der Waals surface area contributed by atoms with Crippen LogP contribution in [0.5, 0.6) is 5.75 Å². The van der Waals surface area contributed by atoms with Crippen LogP contribution in [0.2, 0.25) is 0 Å². The van der Waals surface area contributed by atoms with Crippen LogP contribution in [0.15, 0.2) is 24.3 Å². The van der Waals surface area contributed by atoms with E-state index in [0.29, 0.717) is 5.92 Å². The Labute approximate surface area is 129 Å². The van der Waals surface area contributed by atoms with Crippen molar-refractivity contribution < 1.29 is 4.74 Å². The van der Waals surface area contributed by atoms with Gasteiger partial charge in [-0.2, -0.15) is 0 Å². The van der Waals surface area contributed by atoms with E-state index >= 15 is 0 Å². The van der Waals surface area contributed by atoms with Gasteiger partial charge in [0.25, 0.3) is 0 Å². The third-order valence-corrected chi connectivity index (χ3v) is 4.33. The van der Waals surface area contributed by atoms with Gasteiger partial charge in [-0.15, -0.1) is 0 Å². The lowest BCUT2D eigenvalue weighted by Crippen LogP contribution is -2.35. The van der Waals surface area contributed by atoms with Gasteiger partial charge in [0.05, 0.1) is 6.61 Å². The second-order valence-electron chi connectivity index (χ2n) is 6.63. The van der Waals surface area contributed by atoms with Crippen LogP contribution in [-0.2, 0) is 6.54 Å². The van der Waals surface area contributed by atoms with Crippen molar-refractivity contribution in [1.82, 2.24) is 4.90 Å². The van der Waals surface area contributed by atoms with Crippen LogP contribution >= 0.6 is 0 Å². The number of benzene rings is 1. The van der Waals surface area contributed by atoms with E-state index in [-0.39, 0.29) is 0 Å². The molecule has 1 heterocycles. The van der Waals surface area contributed by atoms with Gasteiger partial charge in [0.15, 0.2) is 0 Å². The Morgan fingerprint density at radius 1 is 1.19 bits per heavy atom. The minimum atomic E-state index is 0.695. The number of rotatable bonds is 7. The maximum absolute atomic E-state index is 5.76. The van der Waals surface area contributed by atoms with Crippen LogP contribution in [0.3, 0.4) is 0 Å². The first-order valence-electron chi connectivity index (χ1n) is 8.31. The second kappa shape index (κ2) is 8.40. The van der Waals surface area contributed by atoms with Crippen molar-refractivity contribution in [3.05, 3.63) is 29.8 Å². The number of nitrogens with two attached hydrogens (primary N) is 1. The van der Waals surface area contributed by atoms with Crippen LogP contribution in [0.1, 0.15) is 38.7 Å². The highest BCUT2D eigenvalue weighted by molar-refractivity contribution is 5.27. The van der Waals surface area contributed by atoms with Crippen molar-refractivity contribution in [2.45, 2.75) is 39.7 Å². The molecule has 0 unspecified atom stereocenters. The van der Waals surface area contributed by atoms with Gasteiger partial charge in [-0.3, -0.25) is 4.90 Å². The summed E-state index contributed by atoms with van der Waals surface area (Å²) in [6, 6.07) is 8.59. The molecule has 1 fully saturated rings. The first-order valence-corrected chi connectivity index (χ1v) is 8.31. The van der Waals surface area contributed by atoms with Gasteiger partial charge in [0, 0.05) is 6.54 Å². The van der Waals surface area contributed by atoms with Crippen molar-refractivity contribution >= 4 is 0 Å². The predicted octanol–water partition coefficient (Wildman–Crippen LogP) is 3.28. The zero-order valence-electron chi connectivity index (χ0n) is 13.6. The van der Waals surface area contributed by atoms with Gasteiger partial charge in [-0.05, 0) is 68.4 Å².